The van der Waals surface area contributed by atoms with E-state index in [0.717, 1.165) is 0 Å². The Bertz CT molecular complexity index is 193. The number of carboxylic acid groups (broad SMARTS) is 1. The van der Waals surface area contributed by atoms with Crippen LogP contribution < -0.4 is 0 Å². The van der Waals surface area contributed by atoms with Crippen molar-refractivity contribution in [3.8, 4) is 0 Å². The number of hydrogen-bond acceptors (Lipinski definition) is 1. The Hall–Kier alpha value is -1.00. The normalized spacial score (nSPS) is 13.2. The zero-order valence-electron chi connectivity index (χ0n) is 6.48. The fourth-order valence-electron chi connectivity index (χ4n) is 0.714. The molecule has 70 valence electrons. The van der Waals surface area contributed by atoms with Crippen LogP contribution in [-0.4, -0.2) is 17.3 Å². The van der Waals surface area contributed by atoms with E-state index in [1.807, 2.05) is 0 Å². The molecule has 0 amide bonds. The van der Waals surface area contributed by atoms with Gasteiger partial charge < -0.3 is 5.11 Å². The van der Waals surface area contributed by atoms with Gasteiger partial charge in [-0.05, 0) is 6.42 Å². The van der Waals surface area contributed by atoms with Crippen LogP contribution in [0.5, 0.6) is 0 Å². The van der Waals surface area contributed by atoms with Crippen LogP contribution in [0, 0.1) is 0 Å². The Morgan fingerprint density at radius 2 is 2.00 bits per heavy atom. The first-order chi connectivity index (χ1) is 5.38. The van der Waals surface area contributed by atoms with Crippen LogP contribution in [0.4, 0.5) is 13.2 Å². The molecule has 0 spiro atoms. The second-order valence-corrected chi connectivity index (χ2v) is 2.26. The minimum atomic E-state index is -4.52. The molecule has 0 heterocycles. The first-order valence-electron chi connectivity index (χ1n) is 3.38. The minimum Gasteiger partial charge on any atom is -0.478 e. The molecule has 12 heavy (non-hydrogen) atoms. The Balaban J connectivity index is 4.55. The third-order valence-electron chi connectivity index (χ3n) is 1.18. The van der Waals surface area contributed by atoms with E-state index < -0.39 is 17.7 Å². The molecule has 0 saturated carbocycles. The second kappa shape index (κ2) is 4.13. The maximum absolute atomic E-state index is 11.9. The van der Waals surface area contributed by atoms with Gasteiger partial charge in [-0.15, -0.1) is 0 Å². The topological polar surface area (TPSA) is 37.3 Å². The van der Waals surface area contributed by atoms with Crippen LogP contribution >= 0.6 is 0 Å². The van der Waals surface area contributed by atoms with E-state index in [1.165, 1.54) is 0 Å². The van der Waals surface area contributed by atoms with Gasteiger partial charge in [-0.3, -0.25) is 0 Å². The van der Waals surface area contributed by atoms with E-state index in [2.05, 4.69) is 0 Å². The van der Waals surface area contributed by atoms with Crippen LogP contribution in [0.2, 0.25) is 0 Å². The third kappa shape index (κ3) is 4.00. The summed E-state index contributed by atoms with van der Waals surface area (Å²) in [4.78, 5) is 9.95. The molecule has 0 bridgehead atoms. The lowest BCUT2D eigenvalue weighted by Gasteiger charge is -2.08. The predicted molar refractivity (Wildman–Crippen MR) is 36.7 cm³/mol. The van der Waals surface area contributed by atoms with Crippen LogP contribution in [0.1, 0.15) is 19.8 Å². The molecule has 5 heteroatoms. The van der Waals surface area contributed by atoms with E-state index >= 15 is 0 Å². The Kier molecular flexibility index (Phi) is 3.79. The molecule has 0 aliphatic rings. The average molecular weight is 182 g/mol. The number of rotatable bonds is 3. The van der Waals surface area contributed by atoms with Gasteiger partial charge in [-0.1, -0.05) is 13.3 Å². The average Bonchev–Trinajstić information content (AvgIpc) is 1.83. The van der Waals surface area contributed by atoms with Crippen molar-refractivity contribution in [3.63, 3.8) is 0 Å². The van der Waals surface area contributed by atoms with Crippen molar-refractivity contribution in [1.29, 1.82) is 0 Å². The Morgan fingerprint density at radius 3 is 2.25 bits per heavy atom. The minimum absolute atomic E-state index is 0.212. The number of alkyl halides is 3. The molecular weight excluding hydrogens is 173 g/mol. The van der Waals surface area contributed by atoms with Crippen LogP contribution in [0.3, 0.4) is 0 Å². The van der Waals surface area contributed by atoms with Crippen LogP contribution in [0.25, 0.3) is 0 Å². The van der Waals surface area contributed by atoms with Crippen molar-refractivity contribution in [1.82, 2.24) is 0 Å². The largest absolute Gasteiger partial charge is 0.478 e. The summed E-state index contributed by atoms with van der Waals surface area (Å²) in [6.45, 7) is 1.56. The van der Waals surface area contributed by atoms with Gasteiger partial charge in [0.1, 0.15) is 0 Å². The number of hydrogen-bond donors (Lipinski definition) is 1. The highest BCUT2D eigenvalue weighted by Gasteiger charge is 2.33. The van der Waals surface area contributed by atoms with Gasteiger partial charge in [-0.25, -0.2) is 4.79 Å². The molecule has 0 aromatic rings. The van der Waals surface area contributed by atoms with Crippen molar-refractivity contribution < 1.29 is 23.1 Å². The fraction of sp³-hybridized carbons (Fsp3) is 0.571. The lowest BCUT2D eigenvalue weighted by molar-refractivity contribution is -0.132. The molecule has 0 saturated heterocycles. The molecule has 0 atom stereocenters. The predicted octanol–water partition coefficient (Wildman–Crippen LogP) is 2.36. The lowest BCUT2D eigenvalue weighted by atomic mass is 10.1. The quantitative estimate of drug-likeness (QED) is 0.680. The summed E-state index contributed by atoms with van der Waals surface area (Å²) in [6.07, 6.45) is -4.29. The molecule has 0 aromatic carbocycles. The summed E-state index contributed by atoms with van der Waals surface area (Å²) in [7, 11) is 0. The molecule has 0 aliphatic heterocycles. The molecule has 0 unspecified atom stereocenters. The number of halogens is 3. The van der Waals surface area contributed by atoms with Crippen molar-refractivity contribution in [2.75, 3.05) is 0 Å². The van der Waals surface area contributed by atoms with Crippen molar-refractivity contribution >= 4 is 5.97 Å². The Labute approximate surface area is 67.7 Å². The van der Waals surface area contributed by atoms with E-state index in [0.29, 0.717) is 0 Å². The summed E-state index contributed by atoms with van der Waals surface area (Å²) in [5, 5.41) is 8.10. The van der Waals surface area contributed by atoms with Gasteiger partial charge in [-0.2, -0.15) is 13.2 Å². The van der Waals surface area contributed by atoms with Crippen LogP contribution in [-0.2, 0) is 4.79 Å². The second-order valence-electron chi connectivity index (χ2n) is 2.26. The number of carbonyl (C=O) groups is 1. The van der Waals surface area contributed by atoms with Crippen molar-refractivity contribution in [2.45, 2.75) is 25.9 Å². The first-order valence-corrected chi connectivity index (χ1v) is 3.38. The number of carboxylic acids is 1. The highest BCUT2D eigenvalue weighted by Crippen LogP contribution is 2.28. The van der Waals surface area contributed by atoms with Crippen molar-refractivity contribution in [2.24, 2.45) is 0 Å². The zero-order chi connectivity index (χ0) is 9.78. The summed E-state index contributed by atoms with van der Waals surface area (Å²) in [5.41, 5.74) is -0.988. The summed E-state index contributed by atoms with van der Waals surface area (Å²) in [5.74, 6) is -1.56. The molecule has 0 rings (SSSR count). The highest BCUT2D eigenvalue weighted by atomic mass is 19.4. The van der Waals surface area contributed by atoms with E-state index in [9.17, 15) is 18.0 Å². The standard InChI is InChI=1S/C7H9F3O2/c1-2-3-5(4-6(11)12)7(8,9)10/h4H,2-3H2,1H3,(H,11,12). The van der Waals surface area contributed by atoms with Gasteiger partial charge in [0, 0.05) is 11.6 Å². The molecule has 1 N–H and O–H groups in total. The van der Waals surface area contributed by atoms with E-state index in [-0.39, 0.29) is 18.9 Å². The van der Waals surface area contributed by atoms with Crippen LogP contribution in [0.15, 0.2) is 11.6 Å². The maximum Gasteiger partial charge on any atom is 0.412 e. The van der Waals surface area contributed by atoms with E-state index in [4.69, 9.17) is 5.11 Å². The molecular formula is C7H9F3O2. The Morgan fingerprint density at radius 1 is 1.50 bits per heavy atom. The fourth-order valence-corrected chi connectivity index (χ4v) is 0.714. The number of aliphatic carboxylic acids is 1. The SMILES string of the molecule is CCCC(=CC(=O)O)C(F)(F)F. The monoisotopic (exact) mass is 182 g/mol. The zero-order valence-corrected chi connectivity index (χ0v) is 6.48. The summed E-state index contributed by atoms with van der Waals surface area (Å²) >= 11 is 0. The third-order valence-corrected chi connectivity index (χ3v) is 1.18. The molecule has 0 fully saturated rings. The highest BCUT2D eigenvalue weighted by molar-refractivity contribution is 5.80. The van der Waals surface area contributed by atoms with Gasteiger partial charge in [0.25, 0.3) is 0 Å². The smallest absolute Gasteiger partial charge is 0.412 e. The molecule has 0 radical (unpaired) electrons. The lowest BCUT2D eigenvalue weighted by Crippen LogP contribution is -2.13. The van der Waals surface area contributed by atoms with E-state index in [1.54, 1.807) is 6.92 Å². The molecule has 2 nitrogen and oxygen atoms in total. The number of allylic oxidation sites excluding steroid dienone is 1. The first kappa shape index (κ1) is 11.0. The molecule has 0 aromatic heterocycles. The van der Waals surface area contributed by atoms with Gasteiger partial charge in [0.2, 0.25) is 0 Å². The molecule has 0 aliphatic carbocycles. The summed E-state index contributed by atoms with van der Waals surface area (Å²) in [6, 6.07) is 0. The summed E-state index contributed by atoms with van der Waals surface area (Å²) < 4.78 is 35.8. The maximum atomic E-state index is 11.9. The van der Waals surface area contributed by atoms with Gasteiger partial charge in [0.15, 0.2) is 0 Å². The van der Waals surface area contributed by atoms with Gasteiger partial charge >= 0.3 is 12.1 Å². The van der Waals surface area contributed by atoms with Gasteiger partial charge in [0.05, 0.1) is 0 Å². The van der Waals surface area contributed by atoms with Crippen molar-refractivity contribution in [3.05, 3.63) is 11.6 Å².